The van der Waals surface area contributed by atoms with Gasteiger partial charge >= 0.3 is 5.69 Å². The van der Waals surface area contributed by atoms with Gasteiger partial charge in [-0.25, -0.2) is 9.78 Å². The zero-order valence-corrected chi connectivity index (χ0v) is 14.2. The standard InChI is InChI=1S/C16H20N4O2S/c1-10-12(11(2)19-16(22)18-10)5-6-14(21)20-8-3-4-13(20)15-17-7-9-23-15/h7,9,13H,3-6,8H2,1-2H3,(H,18,19,22)/t13-/m0/s1. The Morgan fingerprint density at radius 1 is 1.48 bits per heavy atom. The number of aromatic nitrogens is 3. The SMILES string of the molecule is Cc1nc(=O)[nH]c(C)c1CCC(=O)N1CCC[C@H]1c1nccs1. The van der Waals surface area contributed by atoms with Gasteiger partial charge in [0.25, 0.3) is 0 Å². The number of aryl methyl sites for hydroxylation is 2. The lowest BCUT2D eigenvalue weighted by Crippen LogP contribution is -2.31. The van der Waals surface area contributed by atoms with Crippen molar-refractivity contribution in [3.63, 3.8) is 0 Å². The molecular formula is C16H20N4O2S. The van der Waals surface area contributed by atoms with Crippen molar-refractivity contribution in [3.05, 3.63) is 44.0 Å². The van der Waals surface area contributed by atoms with Gasteiger partial charge in [0.05, 0.1) is 6.04 Å². The molecule has 1 fully saturated rings. The Bertz CT molecular complexity index is 728. The minimum Gasteiger partial charge on any atom is -0.333 e. The number of likely N-dealkylation sites (tertiary alicyclic amines) is 1. The number of rotatable bonds is 4. The van der Waals surface area contributed by atoms with Gasteiger partial charge in [0.2, 0.25) is 5.91 Å². The molecule has 3 rings (SSSR count). The summed E-state index contributed by atoms with van der Waals surface area (Å²) < 4.78 is 0. The van der Waals surface area contributed by atoms with Crippen LogP contribution in [0.25, 0.3) is 0 Å². The molecule has 0 saturated carbocycles. The summed E-state index contributed by atoms with van der Waals surface area (Å²) in [7, 11) is 0. The van der Waals surface area contributed by atoms with Crippen LogP contribution in [0.4, 0.5) is 0 Å². The van der Waals surface area contributed by atoms with E-state index < -0.39 is 0 Å². The lowest BCUT2D eigenvalue weighted by molar-refractivity contribution is -0.132. The fraction of sp³-hybridized carbons (Fsp3) is 0.500. The zero-order chi connectivity index (χ0) is 16.4. The quantitative estimate of drug-likeness (QED) is 0.930. The number of carbonyl (C=O) groups excluding carboxylic acids is 1. The predicted octanol–water partition coefficient (Wildman–Crippen LogP) is 2.14. The highest BCUT2D eigenvalue weighted by Gasteiger charge is 2.31. The number of carbonyl (C=O) groups is 1. The first-order chi connectivity index (χ1) is 11.1. The summed E-state index contributed by atoms with van der Waals surface area (Å²) in [6.45, 7) is 4.46. The van der Waals surface area contributed by atoms with Crippen LogP contribution in [0.1, 0.15) is 47.3 Å². The first-order valence-electron chi connectivity index (χ1n) is 7.81. The Kier molecular flexibility index (Phi) is 4.56. The van der Waals surface area contributed by atoms with Gasteiger partial charge in [-0.3, -0.25) is 4.79 Å². The zero-order valence-electron chi connectivity index (χ0n) is 13.3. The highest BCUT2D eigenvalue weighted by molar-refractivity contribution is 7.09. The third kappa shape index (κ3) is 3.34. The predicted molar refractivity (Wildman–Crippen MR) is 88.5 cm³/mol. The van der Waals surface area contributed by atoms with Crippen LogP contribution in [-0.4, -0.2) is 32.3 Å². The fourth-order valence-corrected chi connectivity index (χ4v) is 4.00. The van der Waals surface area contributed by atoms with Crippen molar-refractivity contribution in [2.24, 2.45) is 0 Å². The van der Waals surface area contributed by atoms with Crippen molar-refractivity contribution in [2.75, 3.05) is 6.54 Å². The third-order valence-corrected chi connectivity index (χ3v) is 5.23. The van der Waals surface area contributed by atoms with Gasteiger partial charge < -0.3 is 9.88 Å². The average Bonchev–Trinajstić information content (AvgIpc) is 3.16. The molecule has 23 heavy (non-hydrogen) atoms. The van der Waals surface area contributed by atoms with Gasteiger partial charge in [-0.15, -0.1) is 11.3 Å². The molecule has 0 spiro atoms. The number of amides is 1. The second-order valence-corrected chi connectivity index (χ2v) is 6.77. The van der Waals surface area contributed by atoms with Gasteiger partial charge in [-0.05, 0) is 38.7 Å². The Morgan fingerprint density at radius 2 is 2.30 bits per heavy atom. The number of nitrogens with zero attached hydrogens (tertiary/aromatic N) is 3. The van der Waals surface area contributed by atoms with Crippen LogP contribution in [0.5, 0.6) is 0 Å². The third-order valence-electron chi connectivity index (χ3n) is 4.35. The maximum atomic E-state index is 12.6. The lowest BCUT2D eigenvalue weighted by Gasteiger charge is -2.23. The van der Waals surface area contributed by atoms with Gasteiger partial charge in [0, 0.05) is 35.9 Å². The molecule has 1 aliphatic rings. The Labute approximate surface area is 138 Å². The van der Waals surface area contributed by atoms with Crippen LogP contribution in [-0.2, 0) is 11.2 Å². The number of hydrogen-bond acceptors (Lipinski definition) is 5. The number of H-pyrrole nitrogens is 1. The van der Waals surface area contributed by atoms with E-state index in [0.29, 0.717) is 18.5 Å². The molecule has 6 nitrogen and oxygen atoms in total. The second kappa shape index (κ2) is 6.62. The van der Waals surface area contributed by atoms with E-state index in [4.69, 9.17) is 0 Å². The van der Waals surface area contributed by atoms with E-state index in [1.807, 2.05) is 24.1 Å². The summed E-state index contributed by atoms with van der Waals surface area (Å²) in [6.07, 6.45) is 4.82. The number of aromatic amines is 1. The highest BCUT2D eigenvalue weighted by atomic mass is 32.1. The molecule has 2 aromatic heterocycles. The minimum absolute atomic E-state index is 0.124. The topological polar surface area (TPSA) is 79.0 Å². The Hall–Kier alpha value is -2.02. The average molecular weight is 332 g/mol. The lowest BCUT2D eigenvalue weighted by atomic mass is 10.1. The van der Waals surface area contributed by atoms with Crippen molar-refractivity contribution in [1.82, 2.24) is 19.9 Å². The summed E-state index contributed by atoms with van der Waals surface area (Å²) >= 11 is 1.61. The van der Waals surface area contributed by atoms with E-state index in [1.165, 1.54) is 0 Å². The summed E-state index contributed by atoms with van der Waals surface area (Å²) in [6, 6.07) is 0.124. The Balaban J connectivity index is 1.69. The molecular weight excluding hydrogens is 312 g/mol. The van der Waals surface area contributed by atoms with Crippen molar-refractivity contribution < 1.29 is 4.79 Å². The molecule has 1 atom stereocenters. The van der Waals surface area contributed by atoms with Crippen LogP contribution >= 0.6 is 11.3 Å². The van der Waals surface area contributed by atoms with Crippen LogP contribution < -0.4 is 5.69 Å². The number of hydrogen-bond donors (Lipinski definition) is 1. The van der Waals surface area contributed by atoms with Crippen molar-refractivity contribution in [1.29, 1.82) is 0 Å². The van der Waals surface area contributed by atoms with Crippen LogP contribution in [0.2, 0.25) is 0 Å². The molecule has 1 saturated heterocycles. The first-order valence-corrected chi connectivity index (χ1v) is 8.69. The van der Waals surface area contributed by atoms with Gasteiger partial charge in [-0.2, -0.15) is 4.98 Å². The summed E-state index contributed by atoms with van der Waals surface area (Å²) in [4.78, 5) is 36.9. The smallest absolute Gasteiger partial charge is 0.333 e. The maximum absolute atomic E-state index is 12.6. The molecule has 3 heterocycles. The first kappa shape index (κ1) is 15.9. The molecule has 0 aliphatic carbocycles. The maximum Gasteiger partial charge on any atom is 0.345 e. The summed E-state index contributed by atoms with van der Waals surface area (Å²) in [5.41, 5.74) is 2.13. The molecule has 1 amide bonds. The monoisotopic (exact) mass is 332 g/mol. The van der Waals surface area contributed by atoms with E-state index in [0.717, 1.165) is 35.7 Å². The van der Waals surface area contributed by atoms with Crippen molar-refractivity contribution in [3.8, 4) is 0 Å². The largest absolute Gasteiger partial charge is 0.345 e. The molecule has 122 valence electrons. The molecule has 7 heteroatoms. The highest BCUT2D eigenvalue weighted by Crippen LogP contribution is 2.33. The Morgan fingerprint density at radius 3 is 3.00 bits per heavy atom. The van der Waals surface area contributed by atoms with Crippen LogP contribution in [0.3, 0.4) is 0 Å². The number of thiazole rings is 1. The van der Waals surface area contributed by atoms with E-state index in [1.54, 1.807) is 17.5 Å². The van der Waals surface area contributed by atoms with Gasteiger partial charge in [0.15, 0.2) is 0 Å². The van der Waals surface area contributed by atoms with Crippen LogP contribution in [0, 0.1) is 13.8 Å². The van der Waals surface area contributed by atoms with Crippen LogP contribution in [0.15, 0.2) is 16.4 Å². The molecule has 0 aromatic carbocycles. The normalized spacial score (nSPS) is 17.7. The second-order valence-electron chi connectivity index (χ2n) is 5.85. The molecule has 1 N–H and O–H groups in total. The van der Waals surface area contributed by atoms with E-state index in [9.17, 15) is 9.59 Å². The summed E-state index contributed by atoms with van der Waals surface area (Å²) in [5.74, 6) is 0.146. The number of nitrogens with one attached hydrogen (secondary N) is 1. The molecule has 2 aromatic rings. The van der Waals surface area contributed by atoms with Crippen molar-refractivity contribution in [2.45, 2.75) is 45.6 Å². The molecule has 0 bridgehead atoms. The van der Waals surface area contributed by atoms with E-state index in [2.05, 4.69) is 15.0 Å². The molecule has 0 unspecified atom stereocenters. The minimum atomic E-state index is -0.335. The van der Waals surface area contributed by atoms with Gasteiger partial charge in [0.1, 0.15) is 5.01 Å². The van der Waals surface area contributed by atoms with E-state index >= 15 is 0 Å². The fourth-order valence-electron chi connectivity index (χ4n) is 3.22. The van der Waals surface area contributed by atoms with Gasteiger partial charge in [-0.1, -0.05) is 0 Å². The summed E-state index contributed by atoms with van der Waals surface area (Å²) in [5, 5.41) is 2.98. The molecule has 0 radical (unpaired) electrons. The van der Waals surface area contributed by atoms with Crippen molar-refractivity contribution >= 4 is 17.2 Å². The molecule has 1 aliphatic heterocycles. The van der Waals surface area contributed by atoms with E-state index in [-0.39, 0.29) is 17.6 Å².